The number of ether oxygens (including phenoxy) is 1. The molecule has 4 rings (SSSR count). The fourth-order valence-electron chi connectivity index (χ4n) is 3.73. The van der Waals surface area contributed by atoms with Crippen LogP contribution in [0.2, 0.25) is 10.3 Å². The SMILES string of the molecule is O=C(c1ccccc1)C(O)c1ccc(OCCN2CCN(c3cc(Cl)nnc3Cl)CC2)cc1. The van der Waals surface area contributed by atoms with Crippen molar-refractivity contribution in [2.75, 3.05) is 44.2 Å². The number of nitrogens with zero attached hydrogens (tertiary/aromatic N) is 4. The minimum atomic E-state index is -1.20. The molecule has 7 nitrogen and oxygen atoms in total. The first-order valence-electron chi connectivity index (χ1n) is 10.7. The Kier molecular flexibility index (Phi) is 7.77. The van der Waals surface area contributed by atoms with Crippen LogP contribution >= 0.6 is 23.2 Å². The summed E-state index contributed by atoms with van der Waals surface area (Å²) in [7, 11) is 0. The van der Waals surface area contributed by atoms with Crippen LogP contribution in [0.1, 0.15) is 22.0 Å². The highest BCUT2D eigenvalue weighted by molar-refractivity contribution is 6.33. The molecule has 1 atom stereocenters. The van der Waals surface area contributed by atoms with Gasteiger partial charge in [0.05, 0.1) is 5.69 Å². The number of piperazine rings is 1. The van der Waals surface area contributed by atoms with Crippen molar-refractivity contribution in [3.8, 4) is 5.75 Å². The van der Waals surface area contributed by atoms with Crippen LogP contribution in [0.3, 0.4) is 0 Å². The highest BCUT2D eigenvalue weighted by Crippen LogP contribution is 2.26. The van der Waals surface area contributed by atoms with Gasteiger partial charge in [0.15, 0.2) is 16.1 Å². The molecule has 1 aliphatic rings. The standard InChI is InChI=1S/C24H24Cl2N4O3/c25-21-16-20(24(26)28-27-21)30-12-10-29(11-13-30)14-15-33-19-8-6-18(7-9-19)23(32)22(31)17-4-2-1-3-5-17/h1-9,16,23,32H,10-15H2. The lowest BCUT2D eigenvalue weighted by molar-refractivity contribution is 0.0747. The van der Waals surface area contributed by atoms with Gasteiger partial charge in [0.2, 0.25) is 0 Å². The van der Waals surface area contributed by atoms with Crippen LogP contribution in [-0.2, 0) is 0 Å². The van der Waals surface area contributed by atoms with Gasteiger partial charge in [-0.15, -0.1) is 10.2 Å². The van der Waals surface area contributed by atoms with Crippen molar-refractivity contribution in [3.05, 3.63) is 82.1 Å². The highest BCUT2D eigenvalue weighted by atomic mass is 35.5. The van der Waals surface area contributed by atoms with E-state index in [0.29, 0.717) is 33.8 Å². The summed E-state index contributed by atoms with van der Waals surface area (Å²) in [5.41, 5.74) is 1.83. The lowest BCUT2D eigenvalue weighted by atomic mass is 10.00. The number of hydrogen-bond donors (Lipinski definition) is 1. The third-order valence-electron chi connectivity index (χ3n) is 5.59. The maximum Gasteiger partial charge on any atom is 0.195 e. The Morgan fingerprint density at radius 3 is 2.39 bits per heavy atom. The fraction of sp³-hybridized carbons (Fsp3) is 0.292. The van der Waals surface area contributed by atoms with Crippen molar-refractivity contribution in [2.24, 2.45) is 0 Å². The number of hydrogen-bond acceptors (Lipinski definition) is 7. The van der Waals surface area contributed by atoms with Gasteiger partial charge in [-0.25, -0.2) is 0 Å². The molecule has 1 fully saturated rings. The topological polar surface area (TPSA) is 78.8 Å². The van der Waals surface area contributed by atoms with Gasteiger partial charge in [-0.3, -0.25) is 9.69 Å². The number of halogens is 2. The molecule has 2 heterocycles. The van der Waals surface area contributed by atoms with E-state index in [1.165, 1.54) is 0 Å². The molecule has 9 heteroatoms. The number of aromatic nitrogens is 2. The Hall–Kier alpha value is -2.71. The van der Waals surface area contributed by atoms with Crippen molar-refractivity contribution in [1.82, 2.24) is 15.1 Å². The molecule has 0 bridgehead atoms. The second-order valence-electron chi connectivity index (χ2n) is 7.72. The fourth-order valence-corrected chi connectivity index (χ4v) is 4.08. The molecule has 0 aliphatic carbocycles. The summed E-state index contributed by atoms with van der Waals surface area (Å²) < 4.78 is 5.86. The molecule has 0 amide bonds. The highest BCUT2D eigenvalue weighted by Gasteiger charge is 2.21. The second-order valence-corrected chi connectivity index (χ2v) is 8.47. The summed E-state index contributed by atoms with van der Waals surface area (Å²) in [4.78, 5) is 16.9. The number of rotatable bonds is 8. The van der Waals surface area contributed by atoms with Crippen LogP contribution in [0.4, 0.5) is 5.69 Å². The Balaban J connectivity index is 1.23. The van der Waals surface area contributed by atoms with Gasteiger partial charge in [-0.2, -0.15) is 0 Å². The van der Waals surface area contributed by atoms with E-state index in [1.807, 2.05) is 6.07 Å². The summed E-state index contributed by atoms with van der Waals surface area (Å²) in [5, 5.41) is 18.7. The third-order valence-corrected chi connectivity index (χ3v) is 6.05. The average molecular weight is 487 g/mol. The van der Waals surface area contributed by atoms with Crippen molar-refractivity contribution < 1.29 is 14.6 Å². The second kappa shape index (κ2) is 10.9. The summed E-state index contributed by atoms with van der Waals surface area (Å²) in [6, 6.07) is 17.5. The van der Waals surface area contributed by atoms with E-state index in [1.54, 1.807) is 54.6 Å². The van der Waals surface area contributed by atoms with Gasteiger partial charge >= 0.3 is 0 Å². The molecule has 33 heavy (non-hydrogen) atoms. The molecule has 3 aromatic rings. The first-order valence-corrected chi connectivity index (χ1v) is 11.4. The maximum atomic E-state index is 12.4. The summed E-state index contributed by atoms with van der Waals surface area (Å²) >= 11 is 12.1. The lowest BCUT2D eigenvalue weighted by Gasteiger charge is -2.36. The van der Waals surface area contributed by atoms with Gasteiger partial charge in [0.25, 0.3) is 0 Å². The van der Waals surface area contributed by atoms with Gasteiger partial charge in [0, 0.05) is 44.4 Å². The predicted molar refractivity (Wildman–Crippen MR) is 128 cm³/mol. The number of anilines is 1. The van der Waals surface area contributed by atoms with E-state index >= 15 is 0 Å². The Morgan fingerprint density at radius 1 is 1.00 bits per heavy atom. The monoisotopic (exact) mass is 486 g/mol. The molecule has 0 saturated carbocycles. The van der Waals surface area contributed by atoms with E-state index in [-0.39, 0.29) is 5.78 Å². The third kappa shape index (κ3) is 6.00. The van der Waals surface area contributed by atoms with Crippen molar-refractivity contribution in [3.63, 3.8) is 0 Å². The van der Waals surface area contributed by atoms with Crippen molar-refractivity contribution in [1.29, 1.82) is 0 Å². The molecule has 1 aliphatic heterocycles. The largest absolute Gasteiger partial charge is 0.492 e. The van der Waals surface area contributed by atoms with E-state index in [2.05, 4.69) is 20.0 Å². The van der Waals surface area contributed by atoms with E-state index in [9.17, 15) is 9.90 Å². The number of carbonyl (C=O) groups excluding carboxylic acids is 1. The molecule has 2 aromatic carbocycles. The molecule has 1 unspecified atom stereocenters. The van der Waals surface area contributed by atoms with Crippen molar-refractivity contribution in [2.45, 2.75) is 6.10 Å². The molecule has 0 radical (unpaired) electrons. The molecule has 1 N–H and O–H groups in total. The zero-order valence-corrected chi connectivity index (χ0v) is 19.4. The van der Waals surface area contributed by atoms with Gasteiger partial charge in [-0.1, -0.05) is 65.7 Å². The molecule has 0 spiro atoms. The van der Waals surface area contributed by atoms with Crippen LogP contribution in [0.25, 0.3) is 0 Å². The molecule has 1 aromatic heterocycles. The first-order chi connectivity index (χ1) is 16.0. The van der Waals surface area contributed by atoms with E-state index < -0.39 is 6.10 Å². The number of ketones is 1. The van der Waals surface area contributed by atoms with Crippen LogP contribution in [0, 0.1) is 0 Å². The zero-order chi connectivity index (χ0) is 23.2. The normalized spacial score (nSPS) is 15.3. The number of Topliss-reactive ketones (excluding diaryl/α,β-unsaturated/α-hetero) is 1. The molecule has 172 valence electrons. The Labute approximate surface area is 202 Å². The lowest BCUT2D eigenvalue weighted by Crippen LogP contribution is -2.47. The summed E-state index contributed by atoms with van der Waals surface area (Å²) in [5.74, 6) is 0.371. The van der Waals surface area contributed by atoms with Gasteiger partial charge in [0.1, 0.15) is 18.5 Å². The summed E-state index contributed by atoms with van der Waals surface area (Å²) in [6.45, 7) is 4.67. The minimum absolute atomic E-state index is 0.325. The van der Waals surface area contributed by atoms with Crippen LogP contribution in [0.5, 0.6) is 5.75 Å². The van der Waals surface area contributed by atoms with Crippen LogP contribution < -0.4 is 9.64 Å². The maximum absolute atomic E-state index is 12.4. The number of carbonyl (C=O) groups is 1. The number of benzene rings is 2. The molecule has 1 saturated heterocycles. The van der Waals surface area contributed by atoms with Gasteiger partial charge in [-0.05, 0) is 17.7 Å². The van der Waals surface area contributed by atoms with Crippen LogP contribution in [0.15, 0.2) is 60.7 Å². The average Bonchev–Trinajstić information content (AvgIpc) is 2.86. The molecular weight excluding hydrogens is 463 g/mol. The Morgan fingerprint density at radius 2 is 1.70 bits per heavy atom. The van der Waals surface area contributed by atoms with E-state index in [4.69, 9.17) is 27.9 Å². The minimum Gasteiger partial charge on any atom is -0.492 e. The molecular formula is C24H24Cl2N4O3. The number of aliphatic hydroxyl groups is 1. The Bertz CT molecular complexity index is 1070. The summed E-state index contributed by atoms with van der Waals surface area (Å²) in [6.07, 6.45) is -1.20. The quantitative estimate of drug-likeness (QED) is 0.483. The zero-order valence-electron chi connectivity index (χ0n) is 17.9. The predicted octanol–water partition coefficient (Wildman–Crippen LogP) is 3.90. The first kappa shape index (κ1) is 23.4. The smallest absolute Gasteiger partial charge is 0.195 e. The van der Waals surface area contributed by atoms with Gasteiger partial charge < -0.3 is 14.7 Å². The van der Waals surface area contributed by atoms with Crippen LogP contribution in [-0.4, -0.2) is 65.3 Å². The number of aliphatic hydroxyl groups excluding tert-OH is 1. The van der Waals surface area contributed by atoms with E-state index in [0.717, 1.165) is 38.4 Å². The van der Waals surface area contributed by atoms with Crippen molar-refractivity contribution >= 4 is 34.7 Å².